The van der Waals surface area contributed by atoms with Crippen molar-refractivity contribution in [1.29, 1.82) is 0 Å². The largest absolute Gasteiger partial charge is 0.324 e. The van der Waals surface area contributed by atoms with Gasteiger partial charge in [0, 0.05) is 16.5 Å². The lowest BCUT2D eigenvalue weighted by Gasteiger charge is -2.22. The van der Waals surface area contributed by atoms with Gasteiger partial charge in [0.2, 0.25) is 0 Å². The van der Waals surface area contributed by atoms with Gasteiger partial charge >= 0.3 is 0 Å². The first kappa shape index (κ1) is 8.89. The van der Waals surface area contributed by atoms with Crippen molar-refractivity contribution in [2.45, 2.75) is 55.7 Å². The van der Waals surface area contributed by atoms with E-state index in [0.717, 1.165) is 5.25 Å². The first-order chi connectivity index (χ1) is 5.79. The molecule has 12 heavy (non-hydrogen) atoms. The van der Waals surface area contributed by atoms with Crippen LogP contribution in [0, 0.1) is 0 Å². The molecule has 0 unspecified atom stereocenters. The fourth-order valence-corrected chi connectivity index (χ4v) is 3.34. The van der Waals surface area contributed by atoms with Gasteiger partial charge in [-0.2, -0.15) is 11.8 Å². The van der Waals surface area contributed by atoms with Gasteiger partial charge in [-0.1, -0.05) is 19.3 Å². The lowest BCUT2D eigenvalue weighted by Crippen LogP contribution is -2.26. The molecule has 0 amide bonds. The van der Waals surface area contributed by atoms with Crippen LogP contribution in [0.25, 0.3) is 0 Å². The van der Waals surface area contributed by atoms with E-state index in [1.807, 2.05) is 0 Å². The van der Waals surface area contributed by atoms with E-state index in [4.69, 9.17) is 5.73 Å². The molecular formula is C10H19NS. The molecule has 2 heteroatoms. The monoisotopic (exact) mass is 185 g/mol. The van der Waals surface area contributed by atoms with E-state index >= 15 is 0 Å². The first-order valence-electron chi connectivity index (χ1n) is 5.19. The molecule has 0 spiro atoms. The number of hydrogen-bond donors (Lipinski definition) is 1. The second-order valence-corrected chi connectivity index (χ2v) is 5.72. The van der Waals surface area contributed by atoms with Gasteiger partial charge in [0.1, 0.15) is 0 Å². The van der Waals surface area contributed by atoms with Crippen LogP contribution >= 0.6 is 11.8 Å². The summed E-state index contributed by atoms with van der Waals surface area (Å²) in [5.41, 5.74) is 6.31. The summed E-state index contributed by atoms with van der Waals surface area (Å²) in [5, 5.41) is 0.944. The molecule has 0 saturated heterocycles. The van der Waals surface area contributed by atoms with Crippen molar-refractivity contribution in [3.8, 4) is 0 Å². The molecule has 2 saturated carbocycles. The van der Waals surface area contributed by atoms with Crippen LogP contribution in [0.1, 0.15) is 44.9 Å². The SMILES string of the molecule is NC1(CSC2CCCCC2)CC1. The Balaban J connectivity index is 1.65. The molecule has 2 fully saturated rings. The molecule has 0 aromatic heterocycles. The highest BCUT2D eigenvalue weighted by Crippen LogP contribution is 2.38. The lowest BCUT2D eigenvalue weighted by molar-refractivity contribution is 0.515. The topological polar surface area (TPSA) is 26.0 Å². The van der Waals surface area contributed by atoms with E-state index in [1.54, 1.807) is 0 Å². The van der Waals surface area contributed by atoms with Gasteiger partial charge in [-0.3, -0.25) is 0 Å². The molecule has 70 valence electrons. The third kappa shape index (κ3) is 2.40. The number of hydrogen-bond acceptors (Lipinski definition) is 2. The van der Waals surface area contributed by atoms with Crippen molar-refractivity contribution in [1.82, 2.24) is 0 Å². The smallest absolute Gasteiger partial charge is 0.0247 e. The maximum atomic E-state index is 6.04. The molecule has 0 aromatic rings. The number of rotatable bonds is 3. The van der Waals surface area contributed by atoms with E-state index in [-0.39, 0.29) is 5.54 Å². The molecule has 1 nitrogen and oxygen atoms in total. The van der Waals surface area contributed by atoms with Gasteiger partial charge in [-0.25, -0.2) is 0 Å². The normalized spacial score (nSPS) is 28.8. The predicted octanol–water partition coefficient (Wildman–Crippen LogP) is 2.54. The Labute approximate surface area is 79.5 Å². The van der Waals surface area contributed by atoms with Crippen molar-refractivity contribution < 1.29 is 0 Å². The van der Waals surface area contributed by atoms with Gasteiger partial charge in [-0.15, -0.1) is 0 Å². The third-order valence-electron chi connectivity index (χ3n) is 3.05. The average Bonchev–Trinajstić information content (AvgIpc) is 2.84. The molecule has 0 heterocycles. The zero-order chi connectivity index (χ0) is 8.44. The van der Waals surface area contributed by atoms with E-state index in [2.05, 4.69) is 11.8 Å². The highest BCUT2D eigenvalue weighted by molar-refractivity contribution is 8.00. The van der Waals surface area contributed by atoms with Crippen LogP contribution in [0.15, 0.2) is 0 Å². The van der Waals surface area contributed by atoms with Gasteiger partial charge < -0.3 is 5.73 Å². The summed E-state index contributed by atoms with van der Waals surface area (Å²) < 4.78 is 0. The molecule has 0 aliphatic heterocycles. The lowest BCUT2D eigenvalue weighted by atomic mass is 10.0. The van der Waals surface area contributed by atoms with Crippen molar-refractivity contribution in [2.75, 3.05) is 5.75 Å². The van der Waals surface area contributed by atoms with Crippen LogP contribution in [0.2, 0.25) is 0 Å². The van der Waals surface area contributed by atoms with Crippen LogP contribution < -0.4 is 5.73 Å². The Bertz CT molecular complexity index is 148. The van der Waals surface area contributed by atoms with Crippen molar-refractivity contribution in [3.05, 3.63) is 0 Å². The Morgan fingerprint density at radius 2 is 1.83 bits per heavy atom. The summed E-state index contributed by atoms with van der Waals surface area (Å²) in [6, 6.07) is 0. The maximum absolute atomic E-state index is 6.04. The summed E-state index contributed by atoms with van der Waals surface area (Å²) in [6.07, 6.45) is 9.80. The molecule has 0 atom stereocenters. The van der Waals surface area contributed by atoms with Gasteiger partial charge in [-0.05, 0) is 25.7 Å². The third-order valence-corrected chi connectivity index (χ3v) is 4.74. The second-order valence-electron chi connectivity index (χ2n) is 4.43. The van der Waals surface area contributed by atoms with Crippen molar-refractivity contribution >= 4 is 11.8 Å². The standard InChI is InChI=1S/C10H19NS/c11-10(6-7-10)8-12-9-4-2-1-3-5-9/h9H,1-8,11H2. The summed E-state index contributed by atoms with van der Waals surface area (Å²) >= 11 is 2.14. The van der Waals surface area contributed by atoms with Crippen molar-refractivity contribution in [3.63, 3.8) is 0 Å². The average molecular weight is 185 g/mol. The highest BCUT2D eigenvalue weighted by atomic mass is 32.2. The minimum Gasteiger partial charge on any atom is -0.324 e. The summed E-state index contributed by atoms with van der Waals surface area (Å²) in [7, 11) is 0. The Kier molecular flexibility index (Phi) is 2.66. The fraction of sp³-hybridized carbons (Fsp3) is 1.00. The molecule has 0 bridgehead atoms. The van der Waals surface area contributed by atoms with E-state index in [9.17, 15) is 0 Å². The van der Waals surface area contributed by atoms with E-state index in [1.165, 1.54) is 50.7 Å². The van der Waals surface area contributed by atoms with Gasteiger partial charge in [0.25, 0.3) is 0 Å². The second kappa shape index (κ2) is 3.59. The maximum Gasteiger partial charge on any atom is 0.0247 e. The van der Waals surface area contributed by atoms with Crippen LogP contribution in [-0.2, 0) is 0 Å². The zero-order valence-electron chi connectivity index (χ0n) is 7.72. The van der Waals surface area contributed by atoms with E-state index in [0.29, 0.717) is 0 Å². The molecular weight excluding hydrogens is 166 g/mol. The molecule has 2 aliphatic carbocycles. The van der Waals surface area contributed by atoms with Gasteiger partial charge in [0.15, 0.2) is 0 Å². The molecule has 2 N–H and O–H groups in total. The van der Waals surface area contributed by atoms with Crippen LogP contribution in [-0.4, -0.2) is 16.5 Å². The Morgan fingerprint density at radius 3 is 2.42 bits per heavy atom. The summed E-state index contributed by atoms with van der Waals surface area (Å²) in [5.74, 6) is 1.22. The first-order valence-corrected chi connectivity index (χ1v) is 6.24. The Morgan fingerprint density at radius 1 is 1.17 bits per heavy atom. The minimum absolute atomic E-state index is 0.266. The molecule has 2 rings (SSSR count). The van der Waals surface area contributed by atoms with Gasteiger partial charge in [0.05, 0.1) is 0 Å². The molecule has 0 radical (unpaired) electrons. The summed E-state index contributed by atoms with van der Waals surface area (Å²) in [4.78, 5) is 0. The molecule has 0 aromatic carbocycles. The van der Waals surface area contributed by atoms with Crippen LogP contribution in [0.4, 0.5) is 0 Å². The number of nitrogens with two attached hydrogens (primary N) is 1. The van der Waals surface area contributed by atoms with Crippen LogP contribution in [0.3, 0.4) is 0 Å². The van der Waals surface area contributed by atoms with Crippen molar-refractivity contribution in [2.24, 2.45) is 5.73 Å². The minimum atomic E-state index is 0.266. The van der Waals surface area contributed by atoms with E-state index < -0.39 is 0 Å². The Hall–Kier alpha value is 0.310. The highest BCUT2D eigenvalue weighted by Gasteiger charge is 2.38. The number of thioether (sulfide) groups is 1. The molecule has 2 aliphatic rings. The zero-order valence-corrected chi connectivity index (χ0v) is 8.54. The fourth-order valence-electron chi connectivity index (χ4n) is 1.82. The van der Waals surface area contributed by atoms with Crippen LogP contribution in [0.5, 0.6) is 0 Å². The quantitative estimate of drug-likeness (QED) is 0.731. The summed E-state index contributed by atoms with van der Waals surface area (Å²) in [6.45, 7) is 0. The predicted molar refractivity (Wildman–Crippen MR) is 55.5 cm³/mol.